The van der Waals surface area contributed by atoms with Crippen molar-refractivity contribution in [3.63, 3.8) is 0 Å². The molecule has 7 nitrogen and oxygen atoms in total. The molecule has 0 amide bonds. The van der Waals surface area contributed by atoms with Crippen molar-refractivity contribution < 1.29 is 22.5 Å². The number of sulfonamides is 1. The van der Waals surface area contributed by atoms with Gasteiger partial charge in [0.1, 0.15) is 18.1 Å². The molecule has 0 saturated heterocycles. The number of benzene rings is 1. The summed E-state index contributed by atoms with van der Waals surface area (Å²) in [5.74, 6) is -0.0148. The minimum absolute atomic E-state index is 0.0149. The van der Waals surface area contributed by atoms with Crippen LogP contribution >= 0.6 is 0 Å². The highest BCUT2D eigenvalue weighted by Crippen LogP contribution is 2.13. The van der Waals surface area contributed by atoms with Crippen LogP contribution in [0.15, 0.2) is 39.8 Å². The van der Waals surface area contributed by atoms with Gasteiger partial charge in [0.15, 0.2) is 0 Å². The van der Waals surface area contributed by atoms with Crippen LogP contribution in [0.2, 0.25) is 0 Å². The Morgan fingerprint density at radius 2 is 2.14 bits per heavy atom. The summed E-state index contributed by atoms with van der Waals surface area (Å²) in [7, 11) is -3.62. The lowest BCUT2D eigenvalue weighted by molar-refractivity contribution is 0.0464. The first-order valence-electron chi connectivity index (χ1n) is 6.61. The third-order valence-corrected chi connectivity index (χ3v) is 4.29. The molecule has 0 unspecified atom stereocenters. The van der Waals surface area contributed by atoms with Gasteiger partial charge in [-0.3, -0.25) is 0 Å². The lowest BCUT2D eigenvalue weighted by Gasteiger charge is -2.07. The van der Waals surface area contributed by atoms with E-state index in [0.29, 0.717) is 11.5 Å². The zero-order valence-corrected chi connectivity index (χ0v) is 13.0. The third-order valence-electron chi connectivity index (χ3n) is 2.74. The number of aryl methyl sites for hydroxylation is 1. The van der Waals surface area contributed by atoms with Crippen LogP contribution in [0.4, 0.5) is 0 Å². The van der Waals surface area contributed by atoms with Crippen molar-refractivity contribution in [1.82, 2.24) is 9.88 Å². The number of nitrogens with zero attached hydrogens (tertiary/aromatic N) is 1. The van der Waals surface area contributed by atoms with Crippen LogP contribution in [-0.2, 0) is 21.4 Å². The molecule has 1 N–H and O–H groups in total. The second-order valence-electron chi connectivity index (χ2n) is 4.53. The van der Waals surface area contributed by atoms with Crippen molar-refractivity contribution in [1.29, 1.82) is 0 Å². The van der Waals surface area contributed by atoms with Gasteiger partial charge in [-0.05, 0) is 25.1 Å². The van der Waals surface area contributed by atoms with Crippen molar-refractivity contribution in [2.75, 3.05) is 6.54 Å². The number of nitrogens with one attached hydrogen (secondary N) is 1. The van der Waals surface area contributed by atoms with Gasteiger partial charge >= 0.3 is 5.97 Å². The summed E-state index contributed by atoms with van der Waals surface area (Å²) < 4.78 is 36.1. The Hall–Kier alpha value is -2.19. The fourth-order valence-electron chi connectivity index (χ4n) is 1.77. The van der Waals surface area contributed by atoms with E-state index in [1.54, 1.807) is 19.9 Å². The van der Waals surface area contributed by atoms with Gasteiger partial charge in [-0.25, -0.2) is 17.9 Å². The summed E-state index contributed by atoms with van der Waals surface area (Å²) in [5.41, 5.74) is 0.640. The highest BCUT2D eigenvalue weighted by Gasteiger charge is 2.16. The molecular formula is C14H16N2O5S. The first-order chi connectivity index (χ1) is 10.4. The van der Waals surface area contributed by atoms with Crippen LogP contribution < -0.4 is 4.72 Å². The number of hydrogen-bond donors (Lipinski definition) is 1. The van der Waals surface area contributed by atoms with E-state index in [4.69, 9.17) is 9.26 Å². The van der Waals surface area contributed by atoms with E-state index >= 15 is 0 Å². The molecule has 2 aromatic rings. The Kier molecular flexibility index (Phi) is 4.94. The smallest absolute Gasteiger partial charge is 0.338 e. The average molecular weight is 324 g/mol. The zero-order chi connectivity index (χ0) is 16.2. The van der Waals surface area contributed by atoms with Gasteiger partial charge in [-0.15, -0.1) is 0 Å². The second kappa shape index (κ2) is 6.71. The topological polar surface area (TPSA) is 98.5 Å². The predicted octanol–water partition coefficient (Wildman–Crippen LogP) is 1.64. The van der Waals surface area contributed by atoms with Crippen molar-refractivity contribution in [3.8, 4) is 0 Å². The molecule has 1 aromatic carbocycles. The van der Waals surface area contributed by atoms with Gasteiger partial charge in [0.25, 0.3) is 0 Å². The SMILES string of the molecule is CCNS(=O)(=O)c1cccc(C(=O)OCc2cc(C)on2)c1. The number of carbonyl (C=O) groups is 1. The lowest BCUT2D eigenvalue weighted by Crippen LogP contribution is -2.23. The molecule has 0 bridgehead atoms. The maximum Gasteiger partial charge on any atom is 0.338 e. The van der Waals surface area contributed by atoms with E-state index in [1.807, 2.05) is 0 Å². The third kappa shape index (κ3) is 3.92. The Labute approximate surface area is 128 Å². The van der Waals surface area contributed by atoms with E-state index in [9.17, 15) is 13.2 Å². The summed E-state index contributed by atoms with van der Waals surface area (Å²) in [6.07, 6.45) is 0. The molecule has 0 aliphatic rings. The maximum absolute atomic E-state index is 12.0. The minimum Gasteiger partial charge on any atom is -0.455 e. The van der Waals surface area contributed by atoms with Crippen LogP contribution in [0.1, 0.15) is 28.7 Å². The standard InChI is InChI=1S/C14H16N2O5S/c1-3-15-22(18,19)13-6-4-5-11(8-13)14(17)20-9-12-7-10(2)21-16-12/h4-8,15H,3,9H2,1-2H3. The number of rotatable bonds is 6. The Morgan fingerprint density at radius 3 is 2.77 bits per heavy atom. The van der Waals surface area contributed by atoms with Crippen LogP contribution in [0.5, 0.6) is 0 Å². The normalized spacial score (nSPS) is 11.4. The first kappa shape index (κ1) is 16.2. The van der Waals surface area contributed by atoms with Gasteiger partial charge in [0, 0.05) is 12.6 Å². The summed E-state index contributed by atoms with van der Waals surface area (Å²) in [6, 6.07) is 7.31. The molecule has 0 atom stereocenters. The Morgan fingerprint density at radius 1 is 1.36 bits per heavy atom. The van der Waals surface area contributed by atoms with E-state index in [-0.39, 0.29) is 23.6 Å². The molecule has 118 valence electrons. The predicted molar refractivity (Wildman–Crippen MR) is 77.7 cm³/mol. The maximum atomic E-state index is 12.0. The highest BCUT2D eigenvalue weighted by molar-refractivity contribution is 7.89. The second-order valence-corrected chi connectivity index (χ2v) is 6.30. The lowest BCUT2D eigenvalue weighted by atomic mass is 10.2. The number of esters is 1. The molecule has 1 heterocycles. The molecule has 0 saturated carbocycles. The van der Waals surface area contributed by atoms with Crippen LogP contribution in [0.3, 0.4) is 0 Å². The van der Waals surface area contributed by atoms with Crippen molar-refractivity contribution in [2.45, 2.75) is 25.3 Å². The van der Waals surface area contributed by atoms with Crippen LogP contribution in [0.25, 0.3) is 0 Å². The summed E-state index contributed by atoms with van der Waals surface area (Å²) in [6.45, 7) is 3.63. The Balaban J connectivity index is 2.10. The molecule has 1 aromatic heterocycles. The largest absolute Gasteiger partial charge is 0.455 e. The van der Waals surface area contributed by atoms with E-state index in [1.165, 1.54) is 24.3 Å². The number of carbonyl (C=O) groups excluding carboxylic acids is 1. The van der Waals surface area contributed by atoms with E-state index in [0.717, 1.165) is 0 Å². The molecule has 22 heavy (non-hydrogen) atoms. The van der Waals surface area contributed by atoms with Crippen molar-refractivity contribution in [2.24, 2.45) is 0 Å². The quantitative estimate of drug-likeness (QED) is 0.811. The van der Waals surface area contributed by atoms with Gasteiger partial charge in [-0.1, -0.05) is 18.1 Å². The fourth-order valence-corrected chi connectivity index (χ4v) is 2.86. The monoisotopic (exact) mass is 324 g/mol. The van der Waals surface area contributed by atoms with Crippen LogP contribution in [-0.4, -0.2) is 26.1 Å². The summed E-state index contributed by atoms with van der Waals surface area (Å²) >= 11 is 0. The van der Waals surface area contributed by atoms with E-state index < -0.39 is 16.0 Å². The highest BCUT2D eigenvalue weighted by atomic mass is 32.2. The first-order valence-corrected chi connectivity index (χ1v) is 8.09. The molecule has 8 heteroatoms. The zero-order valence-electron chi connectivity index (χ0n) is 12.2. The molecule has 0 aliphatic carbocycles. The average Bonchev–Trinajstić information content (AvgIpc) is 2.90. The Bertz CT molecular complexity index is 767. The minimum atomic E-state index is -3.62. The summed E-state index contributed by atoms with van der Waals surface area (Å²) in [5, 5.41) is 3.70. The van der Waals surface area contributed by atoms with E-state index in [2.05, 4.69) is 9.88 Å². The van der Waals surface area contributed by atoms with Crippen LogP contribution in [0, 0.1) is 6.92 Å². The van der Waals surface area contributed by atoms with Gasteiger partial charge in [0.05, 0.1) is 10.5 Å². The van der Waals surface area contributed by atoms with Crippen molar-refractivity contribution in [3.05, 3.63) is 47.3 Å². The molecular weight excluding hydrogens is 308 g/mol. The number of aromatic nitrogens is 1. The van der Waals surface area contributed by atoms with Crippen molar-refractivity contribution >= 4 is 16.0 Å². The fraction of sp³-hybridized carbons (Fsp3) is 0.286. The molecule has 0 fully saturated rings. The number of ether oxygens (including phenoxy) is 1. The number of hydrogen-bond acceptors (Lipinski definition) is 6. The molecule has 0 radical (unpaired) electrons. The summed E-state index contributed by atoms with van der Waals surface area (Å²) in [4.78, 5) is 12.0. The van der Waals surface area contributed by atoms with Gasteiger partial charge in [-0.2, -0.15) is 0 Å². The van der Waals surface area contributed by atoms with Gasteiger partial charge < -0.3 is 9.26 Å². The molecule has 0 aliphatic heterocycles. The van der Waals surface area contributed by atoms with Gasteiger partial charge in [0.2, 0.25) is 10.0 Å². The molecule has 2 rings (SSSR count). The molecule has 0 spiro atoms.